The molecule has 0 spiro atoms. The quantitative estimate of drug-likeness (QED) is 0.472. The van der Waals surface area contributed by atoms with E-state index < -0.39 is 10.7 Å². The Morgan fingerprint density at radius 3 is 2.43 bits per heavy atom. The number of nitrogens with zero attached hydrogens (tertiary/aromatic N) is 4. The Bertz CT molecular complexity index is 1090. The van der Waals surface area contributed by atoms with E-state index in [-0.39, 0.29) is 11.6 Å². The van der Waals surface area contributed by atoms with Crippen molar-refractivity contribution in [2.45, 2.75) is 19.8 Å². The molecule has 1 amide bonds. The lowest BCUT2D eigenvalue weighted by Gasteiger charge is -2.30. The number of nitro groups is 1. The molecule has 2 heterocycles. The summed E-state index contributed by atoms with van der Waals surface area (Å²) in [5, 5.41) is 15.4. The maximum absolute atomic E-state index is 14.3. The molecule has 4 rings (SSSR count). The zero-order valence-corrected chi connectivity index (χ0v) is 16.5. The third kappa shape index (κ3) is 3.80. The first-order chi connectivity index (χ1) is 14.4. The summed E-state index contributed by atoms with van der Waals surface area (Å²) in [6.07, 6.45) is 1.86. The smallest absolute Gasteiger partial charge is 0.272 e. The lowest BCUT2D eigenvalue weighted by atomic mass is 9.99. The molecule has 3 aromatic rings. The molecule has 154 valence electrons. The predicted molar refractivity (Wildman–Crippen MR) is 110 cm³/mol. The third-order valence-electron chi connectivity index (χ3n) is 5.45. The first-order valence-corrected chi connectivity index (χ1v) is 9.83. The van der Waals surface area contributed by atoms with Crippen LogP contribution in [0.15, 0.2) is 54.6 Å². The largest absolute Gasteiger partial charge is 0.337 e. The van der Waals surface area contributed by atoms with Crippen LogP contribution in [0.2, 0.25) is 0 Å². The molecule has 0 aliphatic carbocycles. The summed E-state index contributed by atoms with van der Waals surface area (Å²) < 4.78 is 15.8. The highest BCUT2D eigenvalue weighted by atomic mass is 19.1. The number of benzene rings is 2. The van der Waals surface area contributed by atoms with Crippen molar-refractivity contribution < 1.29 is 14.1 Å². The highest BCUT2D eigenvalue weighted by Gasteiger charge is 2.26. The van der Waals surface area contributed by atoms with Crippen LogP contribution >= 0.6 is 0 Å². The second-order valence-electron chi connectivity index (χ2n) is 7.55. The summed E-state index contributed by atoms with van der Waals surface area (Å²) >= 11 is 0. The summed E-state index contributed by atoms with van der Waals surface area (Å²) in [6.45, 7) is 3.47. The normalized spacial score (nSPS) is 14.7. The maximum atomic E-state index is 14.3. The zero-order chi connectivity index (χ0) is 21.3. The fraction of sp³-hybridized carbons (Fsp3) is 0.273. The van der Waals surface area contributed by atoms with Crippen molar-refractivity contribution in [3.05, 3.63) is 76.2 Å². The van der Waals surface area contributed by atoms with Gasteiger partial charge < -0.3 is 4.90 Å². The number of carbonyl (C=O) groups excluding carboxylic acids is 1. The van der Waals surface area contributed by atoms with E-state index in [0.717, 1.165) is 12.8 Å². The molecule has 1 aromatic heterocycles. The van der Waals surface area contributed by atoms with Gasteiger partial charge in [0.15, 0.2) is 0 Å². The third-order valence-corrected chi connectivity index (χ3v) is 5.45. The zero-order valence-electron chi connectivity index (χ0n) is 16.5. The van der Waals surface area contributed by atoms with Gasteiger partial charge in [0.25, 0.3) is 11.6 Å². The molecule has 8 heteroatoms. The molecule has 0 bridgehead atoms. The fourth-order valence-corrected chi connectivity index (χ4v) is 3.62. The van der Waals surface area contributed by atoms with E-state index >= 15 is 0 Å². The van der Waals surface area contributed by atoms with Crippen molar-refractivity contribution in [3.8, 4) is 16.9 Å². The monoisotopic (exact) mass is 408 g/mol. The van der Waals surface area contributed by atoms with Crippen LogP contribution in [0.25, 0.3) is 16.9 Å². The van der Waals surface area contributed by atoms with Gasteiger partial charge in [-0.05, 0) is 49.1 Å². The Balaban J connectivity index is 1.77. The average Bonchev–Trinajstić information content (AvgIpc) is 3.19. The summed E-state index contributed by atoms with van der Waals surface area (Å²) in [5.41, 5.74) is 1.37. The van der Waals surface area contributed by atoms with Gasteiger partial charge in [0.2, 0.25) is 0 Å². The molecule has 1 fully saturated rings. The minimum absolute atomic E-state index is 0.0573. The molecule has 1 saturated heterocycles. The molecule has 0 saturated carbocycles. The Morgan fingerprint density at radius 1 is 1.13 bits per heavy atom. The first-order valence-electron chi connectivity index (χ1n) is 9.83. The van der Waals surface area contributed by atoms with Gasteiger partial charge in [-0.25, -0.2) is 9.07 Å². The predicted octanol–water partition coefficient (Wildman–Crippen LogP) is 4.46. The minimum atomic E-state index is -0.487. The Morgan fingerprint density at radius 2 is 1.80 bits per heavy atom. The van der Waals surface area contributed by atoms with Gasteiger partial charge in [0.05, 0.1) is 16.3 Å². The van der Waals surface area contributed by atoms with Crippen LogP contribution in [0.1, 0.15) is 30.3 Å². The van der Waals surface area contributed by atoms with E-state index in [1.165, 1.54) is 35.0 Å². The number of rotatable bonds is 4. The molecule has 0 N–H and O–H groups in total. The van der Waals surface area contributed by atoms with Crippen molar-refractivity contribution in [1.29, 1.82) is 0 Å². The Hall–Kier alpha value is -3.55. The van der Waals surface area contributed by atoms with Crippen LogP contribution < -0.4 is 0 Å². The van der Waals surface area contributed by atoms with Crippen LogP contribution in [0.4, 0.5) is 10.1 Å². The molecule has 0 unspecified atom stereocenters. The van der Waals surface area contributed by atoms with Crippen LogP contribution in [-0.4, -0.2) is 38.6 Å². The van der Waals surface area contributed by atoms with E-state index in [0.29, 0.717) is 41.6 Å². The van der Waals surface area contributed by atoms with Crippen LogP contribution in [0, 0.1) is 21.8 Å². The fourth-order valence-electron chi connectivity index (χ4n) is 3.62. The van der Waals surface area contributed by atoms with Gasteiger partial charge in [0, 0.05) is 30.8 Å². The van der Waals surface area contributed by atoms with Crippen LogP contribution in [-0.2, 0) is 0 Å². The number of likely N-dealkylation sites (tertiary alicyclic amines) is 1. The number of aromatic nitrogens is 2. The van der Waals surface area contributed by atoms with Gasteiger partial charge in [-0.1, -0.05) is 19.1 Å². The number of non-ortho nitro benzene ring substituents is 1. The Labute approximate surface area is 172 Å². The number of nitro benzene ring substituents is 1. The lowest BCUT2D eigenvalue weighted by molar-refractivity contribution is -0.384. The summed E-state index contributed by atoms with van der Waals surface area (Å²) in [5.74, 6) is -0.0467. The highest BCUT2D eigenvalue weighted by Crippen LogP contribution is 2.27. The van der Waals surface area contributed by atoms with Gasteiger partial charge in [-0.2, -0.15) is 5.10 Å². The van der Waals surface area contributed by atoms with Gasteiger partial charge in [-0.15, -0.1) is 0 Å². The van der Waals surface area contributed by atoms with E-state index in [9.17, 15) is 19.3 Å². The number of hydrogen-bond acceptors (Lipinski definition) is 4. The summed E-state index contributed by atoms with van der Waals surface area (Å²) in [7, 11) is 0. The highest BCUT2D eigenvalue weighted by molar-refractivity contribution is 5.94. The second kappa shape index (κ2) is 8.06. The molecule has 1 aliphatic heterocycles. The molecular weight excluding hydrogens is 387 g/mol. The van der Waals surface area contributed by atoms with Gasteiger partial charge in [0.1, 0.15) is 11.5 Å². The van der Waals surface area contributed by atoms with E-state index in [2.05, 4.69) is 12.0 Å². The molecule has 0 radical (unpaired) electrons. The van der Waals surface area contributed by atoms with Crippen molar-refractivity contribution in [1.82, 2.24) is 14.7 Å². The second-order valence-corrected chi connectivity index (χ2v) is 7.55. The summed E-state index contributed by atoms with van der Waals surface area (Å²) in [6, 6.07) is 13.6. The standard InChI is InChI=1S/C22H21FN4O3/c1-15-10-12-25(13-11-15)22(28)21-14-20(18-4-2-3-5-19(18)23)24-26(21)16-6-8-17(9-7-16)27(29)30/h2-9,14-15H,10-13H2,1H3. The first kappa shape index (κ1) is 19.8. The Kier molecular flexibility index (Phi) is 5.31. The lowest BCUT2D eigenvalue weighted by Crippen LogP contribution is -2.38. The average molecular weight is 408 g/mol. The topological polar surface area (TPSA) is 81.3 Å². The van der Waals surface area contributed by atoms with E-state index in [4.69, 9.17) is 0 Å². The summed E-state index contributed by atoms with van der Waals surface area (Å²) in [4.78, 5) is 25.5. The number of carbonyl (C=O) groups is 1. The van der Waals surface area contributed by atoms with Crippen LogP contribution in [0.3, 0.4) is 0 Å². The van der Waals surface area contributed by atoms with E-state index in [1.54, 1.807) is 29.2 Å². The van der Waals surface area contributed by atoms with Crippen molar-refractivity contribution in [3.63, 3.8) is 0 Å². The molecular formula is C22H21FN4O3. The van der Waals surface area contributed by atoms with Crippen molar-refractivity contribution >= 4 is 11.6 Å². The van der Waals surface area contributed by atoms with E-state index in [1.807, 2.05) is 0 Å². The number of amides is 1. The number of hydrogen-bond donors (Lipinski definition) is 0. The van der Waals surface area contributed by atoms with Crippen molar-refractivity contribution in [2.24, 2.45) is 5.92 Å². The molecule has 0 atom stereocenters. The molecule has 7 nitrogen and oxygen atoms in total. The van der Waals surface area contributed by atoms with Gasteiger partial charge >= 0.3 is 0 Å². The minimum Gasteiger partial charge on any atom is -0.337 e. The van der Waals surface area contributed by atoms with Crippen LogP contribution in [0.5, 0.6) is 0 Å². The van der Waals surface area contributed by atoms with Crippen molar-refractivity contribution in [2.75, 3.05) is 13.1 Å². The SMILES string of the molecule is CC1CCN(C(=O)c2cc(-c3ccccc3F)nn2-c2ccc([N+](=O)[O-])cc2)CC1. The molecule has 1 aliphatic rings. The van der Waals surface area contributed by atoms with Gasteiger partial charge in [-0.3, -0.25) is 14.9 Å². The molecule has 2 aromatic carbocycles. The molecule has 30 heavy (non-hydrogen) atoms. The number of halogens is 1. The maximum Gasteiger partial charge on any atom is 0.272 e. The number of piperidine rings is 1.